The summed E-state index contributed by atoms with van der Waals surface area (Å²) in [6, 6.07) is 5.57. The Bertz CT molecular complexity index is 446. The normalized spacial score (nSPS) is 11.8. The smallest absolute Gasteiger partial charge is 0.351 e. The summed E-state index contributed by atoms with van der Waals surface area (Å²) in [5, 5.41) is 10.3. The summed E-state index contributed by atoms with van der Waals surface area (Å²) in [6.07, 6.45) is 0. The molecule has 1 aromatic carbocycles. The van der Waals surface area contributed by atoms with E-state index >= 15 is 0 Å². The van der Waals surface area contributed by atoms with Crippen LogP contribution in [0.3, 0.4) is 0 Å². The van der Waals surface area contributed by atoms with Gasteiger partial charge in [-0.15, -0.1) is 0 Å². The number of carbonyl (C=O) groups excluding carboxylic acids is 1. The zero-order valence-electron chi connectivity index (χ0n) is 7.82. The first kappa shape index (κ1) is 12.3. The molecule has 0 heterocycles. The Morgan fingerprint density at radius 3 is 2.62 bits per heavy atom. The van der Waals surface area contributed by atoms with Crippen molar-refractivity contribution in [1.82, 2.24) is 0 Å². The molecule has 0 spiro atoms. The first-order valence-corrected chi connectivity index (χ1v) is 5.02. The minimum atomic E-state index is -2.99. The van der Waals surface area contributed by atoms with Crippen molar-refractivity contribution < 1.29 is 22.7 Å². The molecule has 1 aromatic rings. The molecule has 1 atom stereocenters. The highest BCUT2D eigenvalue weighted by atomic mass is 32.2. The van der Waals surface area contributed by atoms with Crippen molar-refractivity contribution in [3.05, 3.63) is 45.5 Å². The molecule has 0 saturated carbocycles. The van der Waals surface area contributed by atoms with Crippen molar-refractivity contribution in [2.24, 2.45) is 0 Å². The molecule has 1 unspecified atom stereocenters. The van der Waals surface area contributed by atoms with Gasteiger partial charge >= 0.3 is 5.97 Å². The molecule has 16 heavy (non-hydrogen) atoms. The van der Waals surface area contributed by atoms with Gasteiger partial charge in [0, 0.05) is 10.5 Å². The minimum Gasteiger partial charge on any atom is -0.740 e. The first-order chi connectivity index (χ1) is 7.50. The maximum absolute atomic E-state index is 11.2. The molecule has 0 amide bonds. The fraction of sp³-hybridized carbons (Fsp3) is 0.125. The molecule has 0 aromatic heterocycles. The summed E-state index contributed by atoms with van der Waals surface area (Å²) in [7, 11) is 0. The van der Waals surface area contributed by atoms with E-state index in [1.807, 2.05) is 0 Å². The maximum Gasteiger partial charge on any atom is 0.351 e. The topological polar surface area (TPSA) is 110 Å². The number of benzene rings is 1. The third-order valence-corrected chi connectivity index (χ3v) is 1.97. The van der Waals surface area contributed by atoms with Crippen molar-refractivity contribution in [3.63, 3.8) is 0 Å². The van der Waals surface area contributed by atoms with E-state index in [0.717, 1.165) is 0 Å². The molecule has 8 heteroatoms. The number of nitrogens with zero attached hydrogens (tertiary/aromatic N) is 1. The monoisotopic (exact) mass is 244 g/mol. The fourth-order valence-electron chi connectivity index (χ4n) is 1.10. The Morgan fingerprint density at radius 1 is 1.44 bits per heavy atom. The second-order valence-electron chi connectivity index (χ2n) is 2.72. The molecule has 0 aliphatic carbocycles. The van der Waals surface area contributed by atoms with E-state index in [9.17, 15) is 23.7 Å². The lowest BCUT2D eigenvalue weighted by Gasteiger charge is -2.07. The first-order valence-electron chi connectivity index (χ1n) is 4.02. The van der Waals surface area contributed by atoms with E-state index in [4.69, 9.17) is 0 Å². The Hall–Kier alpha value is -1.80. The van der Waals surface area contributed by atoms with E-state index in [1.54, 1.807) is 0 Å². The molecule has 86 valence electrons. The maximum atomic E-state index is 11.2. The summed E-state index contributed by atoms with van der Waals surface area (Å²) in [5.41, 5.74) is -0.0358. The number of hydrogen-bond donors (Lipinski definition) is 0. The summed E-state index contributed by atoms with van der Waals surface area (Å²) in [6.45, 7) is -0.573. The Kier molecular flexibility index (Phi) is 4.09. The summed E-state index contributed by atoms with van der Waals surface area (Å²) < 4.78 is 24.2. The molecule has 0 radical (unpaired) electrons. The lowest BCUT2D eigenvalue weighted by atomic mass is 10.1. The third-order valence-electron chi connectivity index (χ3n) is 1.68. The number of rotatable bonds is 4. The van der Waals surface area contributed by atoms with E-state index in [-0.39, 0.29) is 11.1 Å². The molecule has 0 aliphatic rings. The van der Waals surface area contributed by atoms with Crippen LogP contribution in [0.15, 0.2) is 24.3 Å². The van der Waals surface area contributed by atoms with Gasteiger partial charge in [0.05, 0.1) is 5.56 Å². The van der Waals surface area contributed by atoms with Gasteiger partial charge in [-0.25, -0.2) is 9.00 Å². The quantitative estimate of drug-likeness (QED) is 0.431. The lowest BCUT2D eigenvalue weighted by molar-refractivity contribution is -0.496. The van der Waals surface area contributed by atoms with E-state index < -0.39 is 28.8 Å². The van der Waals surface area contributed by atoms with Gasteiger partial charge < -0.3 is 8.74 Å². The standard InChI is InChI=1S/C8H7NO6S/c10-8(15-16(13)14)7-4-2-1-3-6(7)5-9(11)12/h1-4H,5H2,(H,13,14)/p-1. The van der Waals surface area contributed by atoms with Gasteiger partial charge in [0.25, 0.3) is 0 Å². The molecule has 7 nitrogen and oxygen atoms in total. The van der Waals surface area contributed by atoms with Crippen molar-refractivity contribution in [2.45, 2.75) is 6.54 Å². The highest BCUT2D eigenvalue weighted by Crippen LogP contribution is 2.11. The average Bonchev–Trinajstić information content (AvgIpc) is 2.16. The predicted octanol–water partition coefficient (Wildman–Crippen LogP) is 0.414. The Morgan fingerprint density at radius 2 is 2.06 bits per heavy atom. The Balaban J connectivity index is 2.98. The molecule has 0 bridgehead atoms. The molecule has 0 fully saturated rings. The van der Waals surface area contributed by atoms with Crippen LogP contribution in [0.2, 0.25) is 0 Å². The van der Waals surface area contributed by atoms with Crippen LogP contribution in [0.4, 0.5) is 0 Å². The molecule has 1 rings (SSSR count). The van der Waals surface area contributed by atoms with Crippen LogP contribution < -0.4 is 0 Å². The van der Waals surface area contributed by atoms with Gasteiger partial charge in [-0.05, 0) is 6.07 Å². The summed E-state index contributed by atoms with van der Waals surface area (Å²) in [4.78, 5) is 20.9. The van der Waals surface area contributed by atoms with Crippen molar-refractivity contribution in [2.75, 3.05) is 0 Å². The van der Waals surface area contributed by atoms with E-state index in [2.05, 4.69) is 4.18 Å². The minimum absolute atomic E-state index is 0.1000. The average molecular weight is 244 g/mol. The summed E-state index contributed by atoms with van der Waals surface area (Å²) in [5.74, 6) is -1.13. The van der Waals surface area contributed by atoms with E-state index in [1.165, 1.54) is 24.3 Å². The predicted molar refractivity (Wildman–Crippen MR) is 51.5 cm³/mol. The van der Waals surface area contributed by atoms with Crippen molar-refractivity contribution in [1.29, 1.82) is 0 Å². The fourth-order valence-corrected chi connectivity index (χ4v) is 1.32. The van der Waals surface area contributed by atoms with Gasteiger partial charge in [-0.2, -0.15) is 0 Å². The second kappa shape index (κ2) is 5.33. The van der Waals surface area contributed by atoms with Crippen LogP contribution in [-0.2, 0) is 22.1 Å². The highest BCUT2D eigenvalue weighted by molar-refractivity contribution is 7.74. The van der Waals surface area contributed by atoms with E-state index in [0.29, 0.717) is 0 Å². The number of carbonyl (C=O) groups is 1. The molecule has 0 aliphatic heterocycles. The zero-order valence-corrected chi connectivity index (χ0v) is 8.64. The van der Waals surface area contributed by atoms with Gasteiger partial charge in [0.2, 0.25) is 6.54 Å². The van der Waals surface area contributed by atoms with Crippen LogP contribution >= 0.6 is 0 Å². The van der Waals surface area contributed by atoms with Gasteiger partial charge in [-0.1, -0.05) is 18.2 Å². The van der Waals surface area contributed by atoms with Crippen LogP contribution in [0.5, 0.6) is 0 Å². The summed E-state index contributed by atoms with van der Waals surface area (Å²) >= 11 is -2.99. The number of hydrogen-bond acceptors (Lipinski definition) is 6. The largest absolute Gasteiger partial charge is 0.740 e. The van der Waals surface area contributed by atoms with Crippen LogP contribution in [0.1, 0.15) is 15.9 Å². The van der Waals surface area contributed by atoms with Crippen LogP contribution in [0.25, 0.3) is 0 Å². The lowest BCUT2D eigenvalue weighted by Crippen LogP contribution is -2.11. The van der Waals surface area contributed by atoms with Gasteiger partial charge in [0.1, 0.15) is 11.4 Å². The molecular formula is C8H6NO6S-. The van der Waals surface area contributed by atoms with Crippen LogP contribution in [-0.4, -0.2) is 19.7 Å². The van der Waals surface area contributed by atoms with Gasteiger partial charge in [-0.3, -0.25) is 10.1 Å². The Labute approximate surface area is 92.7 Å². The van der Waals surface area contributed by atoms with Crippen molar-refractivity contribution in [3.8, 4) is 0 Å². The SMILES string of the molecule is O=C(OS(=O)[O-])c1ccccc1C[N+](=O)[O-]. The molecule has 0 saturated heterocycles. The van der Waals surface area contributed by atoms with Gasteiger partial charge in [0.15, 0.2) is 0 Å². The third kappa shape index (κ3) is 3.41. The molecule has 0 N–H and O–H groups in total. The molecular weight excluding hydrogens is 238 g/mol. The second-order valence-corrected chi connectivity index (χ2v) is 3.30. The van der Waals surface area contributed by atoms with Crippen molar-refractivity contribution >= 4 is 17.3 Å². The van der Waals surface area contributed by atoms with Crippen LogP contribution in [0, 0.1) is 10.1 Å². The zero-order chi connectivity index (χ0) is 12.1. The number of nitro groups is 1. The highest BCUT2D eigenvalue weighted by Gasteiger charge is 2.15.